The molecular weight excluding hydrogens is 346 g/mol. The summed E-state index contributed by atoms with van der Waals surface area (Å²) < 4.78 is 11.2. The zero-order chi connectivity index (χ0) is 18.4. The molecule has 1 amide bonds. The average Bonchev–Trinajstić information content (AvgIpc) is 3.26. The van der Waals surface area contributed by atoms with Gasteiger partial charge in [0.05, 0.1) is 19.1 Å². The Morgan fingerprint density at radius 2 is 2.24 bits per heavy atom. The standard InChI is InChI=1S/C15H21N5O4S/c1-4-9(2)12(14(22)23-3)17-11(21)8-25-15-19-18-13(20(15)16)10-6-5-7-24-10/h5-7,9,12H,4,8,16H2,1-3H3,(H,17,21)/t9-,12-/m1/s1. The first-order chi connectivity index (χ1) is 12.0. The van der Waals surface area contributed by atoms with Crippen LogP contribution in [-0.2, 0) is 14.3 Å². The van der Waals surface area contributed by atoms with Crippen LogP contribution in [0.4, 0.5) is 0 Å². The van der Waals surface area contributed by atoms with Crippen LogP contribution < -0.4 is 11.2 Å². The van der Waals surface area contributed by atoms with Crippen molar-refractivity contribution in [3.8, 4) is 11.6 Å². The van der Waals surface area contributed by atoms with Crippen molar-refractivity contribution in [3.63, 3.8) is 0 Å². The molecule has 0 aliphatic heterocycles. The van der Waals surface area contributed by atoms with Crippen LogP contribution in [0.3, 0.4) is 0 Å². The number of ether oxygens (including phenoxy) is 1. The lowest BCUT2D eigenvalue weighted by Gasteiger charge is -2.21. The van der Waals surface area contributed by atoms with Gasteiger partial charge in [0, 0.05) is 0 Å². The Kier molecular flexibility index (Phi) is 6.45. The highest BCUT2D eigenvalue weighted by Crippen LogP contribution is 2.21. The van der Waals surface area contributed by atoms with E-state index < -0.39 is 12.0 Å². The van der Waals surface area contributed by atoms with Gasteiger partial charge in [-0.25, -0.2) is 9.47 Å². The minimum absolute atomic E-state index is 0.0369. The van der Waals surface area contributed by atoms with Crippen molar-refractivity contribution in [3.05, 3.63) is 18.4 Å². The normalized spacial score (nSPS) is 13.2. The van der Waals surface area contributed by atoms with Gasteiger partial charge >= 0.3 is 5.97 Å². The number of amides is 1. The fraction of sp³-hybridized carbons (Fsp3) is 0.467. The number of hydrogen-bond donors (Lipinski definition) is 2. The highest BCUT2D eigenvalue weighted by molar-refractivity contribution is 7.99. The SMILES string of the molecule is CC[C@@H](C)[C@@H](NC(=O)CSc1nnc(-c2ccco2)n1N)C(=O)OC. The molecule has 0 aliphatic carbocycles. The molecule has 136 valence electrons. The highest BCUT2D eigenvalue weighted by atomic mass is 32.2. The van der Waals surface area contributed by atoms with Crippen LogP contribution in [-0.4, -0.2) is 45.7 Å². The number of carbonyl (C=O) groups excluding carboxylic acids is 2. The molecular formula is C15H21N5O4S. The maximum Gasteiger partial charge on any atom is 0.328 e. The Labute approximate surface area is 149 Å². The number of rotatable bonds is 8. The average molecular weight is 367 g/mol. The summed E-state index contributed by atoms with van der Waals surface area (Å²) >= 11 is 1.11. The zero-order valence-electron chi connectivity index (χ0n) is 14.3. The Morgan fingerprint density at radius 3 is 2.84 bits per heavy atom. The molecule has 0 bridgehead atoms. The lowest BCUT2D eigenvalue weighted by molar-refractivity contribution is -0.146. The van der Waals surface area contributed by atoms with Crippen molar-refractivity contribution in [2.24, 2.45) is 5.92 Å². The third-order valence-electron chi connectivity index (χ3n) is 3.72. The van der Waals surface area contributed by atoms with E-state index in [4.69, 9.17) is 15.0 Å². The maximum absolute atomic E-state index is 12.2. The Hall–Kier alpha value is -2.49. The van der Waals surface area contributed by atoms with E-state index in [1.54, 1.807) is 12.1 Å². The van der Waals surface area contributed by atoms with Gasteiger partial charge in [0.2, 0.25) is 16.9 Å². The summed E-state index contributed by atoms with van der Waals surface area (Å²) in [5, 5.41) is 10.9. The number of carbonyl (C=O) groups is 2. The number of hydrogen-bond acceptors (Lipinski definition) is 8. The van der Waals surface area contributed by atoms with Gasteiger partial charge in [-0.05, 0) is 18.1 Å². The summed E-state index contributed by atoms with van der Waals surface area (Å²) in [5.74, 6) is 5.99. The lowest BCUT2D eigenvalue weighted by Crippen LogP contribution is -2.46. The predicted molar refractivity (Wildman–Crippen MR) is 92.0 cm³/mol. The smallest absolute Gasteiger partial charge is 0.328 e. The fourth-order valence-corrected chi connectivity index (χ4v) is 2.76. The molecule has 9 nitrogen and oxygen atoms in total. The molecule has 0 fully saturated rings. The molecule has 0 unspecified atom stereocenters. The molecule has 2 rings (SSSR count). The molecule has 10 heteroatoms. The van der Waals surface area contributed by atoms with Gasteiger partial charge in [-0.2, -0.15) is 0 Å². The van der Waals surface area contributed by atoms with Crippen molar-refractivity contribution in [2.45, 2.75) is 31.5 Å². The van der Waals surface area contributed by atoms with Crippen LogP contribution in [0.15, 0.2) is 28.0 Å². The quantitative estimate of drug-likeness (QED) is 0.403. The lowest BCUT2D eigenvalue weighted by atomic mass is 9.99. The summed E-state index contributed by atoms with van der Waals surface area (Å²) in [6.07, 6.45) is 2.24. The van der Waals surface area contributed by atoms with Crippen LogP contribution in [0.1, 0.15) is 20.3 Å². The van der Waals surface area contributed by atoms with Crippen molar-refractivity contribution < 1.29 is 18.7 Å². The molecule has 0 aliphatic rings. The summed E-state index contributed by atoms with van der Waals surface area (Å²) in [4.78, 5) is 24.0. The minimum atomic E-state index is -0.683. The van der Waals surface area contributed by atoms with Gasteiger partial charge < -0.3 is 20.3 Å². The Morgan fingerprint density at radius 1 is 1.48 bits per heavy atom. The first kappa shape index (κ1) is 18.8. The molecule has 0 saturated carbocycles. The maximum atomic E-state index is 12.2. The number of nitrogens with one attached hydrogen (secondary N) is 1. The second kappa shape index (κ2) is 8.56. The Bertz CT molecular complexity index is 716. The molecule has 2 heterocycles. The molecule has 25 heavy (non-hydrogen) atoms. The number of esters is 1. The van der Waals surface area contributed by atoms with Crippen molar-refractivity contribution >= 4 is 23.6 Å². The first-order valence-electron chi connectivity index (χ1n) is 7.72. The van der Waals surface area contributed by atoms with E-state index >= 15 is 0 Å². The highest BCUT2D eigenvalue weighted by Gasteiger charge is 2.26. The monoisotopic (exact) mass is 367 g/mol. The van der Waals surface area contributed by atoms with E-state index in [-0.39, 0.29) is 17.6 Å². The van der Waals surface area contributed by atoms with E-state index in [9.17, 15) is 9.59 Å². The summed E-state index contributed by atoms with van der Waals surface area (Å²) in [7, 11) is 1.30. The number of methoxy groups -OCH3 is 1. The van der Waals surface area contributed by atoms with E-state index in [1.165, 1.54) is 18.0 Å². The second-order valence-electron chi connectivity index (χ2n) is 5.40. The summed E-state index contributed by atoms with van der Waals surface area (Å²) in [6, 6.07) is 2.74. The molecule has 0 saturated heterocycles. The predicted octanol–water partition coefficient (Wildman–Crippen LogP) is 1.05. The third kappa shape index (κ3) is 4.53. The van der Waals surface area contributed by atoms with E-state index in [1.807, 2.05) is 13.8 Å². The van der Waals surface area contributed by atoms with Gasteiger partial charge in [0.25, 0.3) is 0 Å². The van der Waals surface area contributed by atoms with Crippen molar-refractivity contribution in [1.82, 2.24) is 20.2 Å². The molecule has 2 aromatic rings. The van der Waals surface area contributed by atoms with E-state index in [0.29, 0.717) is 16.7 Å². The number of nitrogens with zero attached hydrogens (tertiary/aromatic N) is 3. The number of thioether (sulfide) groups is 1. The van der Waals surface area contributed by atoms with E-state index in [0.717, 1.165) is 18.2 Å². The van der Waals surface area contributed by atoms with Crippen LogP contribution in [0.2, 0.25) is 0 Å². The van der Waals surface area contributed by atoms with Crippen LogP contribution in [0.5, 0.6) is 0 Å². The van der Waals surface area contributed by atoms with Crippen molar-refractivity contribution in [1.29, 1.82) is 0 Å². The molecule has 2 aromatic heterocycles. The fourth-order valence-electron chi connectivity index (χ4n) is 2.09. The van der Waals surface area contributed by atoms with Gasteiger partial charge in [-0.3, -0.25) is 4.79 Å². The van der Waals surface area contributed by atoms with Crippen LogP contribution >= 0.6 is 11.8 Å². The van der Waals surface area contributed by atoms with Gasteiger partial charge in [-0.1, -0.05) is 32.0 Å². The number of furan rings is 1. The summed E-state index contributed by atoms with van der Waals surface area (Å²) in [5.41, 5.74) is 0. The first-order valence-corrected chi connectivity index (χ1v) is 8.70. The Balaban J connectivity index is 1.97. The van der Waals surface area contributed by atoms with Crippen LogP contribution in [0.25, 0.3) is 11.6 Å². The largest absolute Gasteiger partial charge is 0.467 e. The van der Waals surface area contributed by atoms with Gasteiger partial charge in [0.1, 0.15) is 6.04 Å². The topological polar surface area (TPSA) is 125 Å². The second-order valence-corrected chi connectivity index (χ2v) is 6.34. The third-order valence-corrected chi connectivity index (χ3v) is 4.67. The zero-order valence-corrected chi connectivity index (χ0v) is 15.1. The van der Waals surface area contributed by atoms with Crippen LogP contribution in [0, 0.1) is 5.92 Å². The van der Waals surface area contributed by atoms with Gasteiger partial charge in [-0.15, -0.1) is 10.2 Å². The number of aromatic nitrogens is 3. The molecule has 0 spiro atoms. The van der Waals surface area contributed by atoms with E-state index in [2.05, 4.69) is 15.5 Å². The molecule has 2 atom stereocenters. The van der Waals surface area contributed by atoms with Gasteiger partial charge in [0.15, 0.2) is 5.76 Å². The molecule has 3 N–H and O–H groups in total. The summed E-state index contributed by atoms with van der Waals surface area (Å²) in [6.45, 7) is 3.82. The van der Waals surface area contributed by atoms with Crippen molar-refractivity contribution in [2.75, 3.05) is 18.7 Å². The minimum Gasteiger partial charge on any atom is -0.467 e. The number of nitrogen functional groups attached to an aromatic ring is 1. The molecule has 0 radical (unpaired) electrons. The number of nitrogens with two attached hydrogens (primary N) is 1. The molecule has 0 aromatic carbocycles.